The number of aryl methyl sites for hydroxylation is 2. The lowest BCUT2D eigenvalue weighted by atomic mass is 9.96. The van der Waals surface area contributed by atoms with Crippen LogP contribution in [0, 0.1) is 19.8 Å². The van der Waals surface area contributed by atoms with Crippen molar-refractivity contribution in [2.24, 2.45) is 5.92 Å². The molecule has 0 radical (unpaired) electrons. The van der Waals surface area contributed by atoms with E-state index in [1.807, 2.05) is 17.7 Å². The number of urea groups is 1. The summed E-state index contributed by atoms with van der Waals surface area (Å²) < 4.78 is 7.48. The predicted molar refractivity (Wildman–Crippen MR) is 95.1 cm³/mol. The second-order valence-corrected chi connectivity index (χ2v) is 7.03. The molecule has 0 aromatic carbocycles. The van der Waals surface area contributed by atoms with Gasteiger partial charge in [-0.1, -0.05) is 13.8 Å². The Bertz CT molecular complexity index is 716. The van der Waals surface area contributed by atoms with E-state index < -0.39 is 5.60 Å². The van der Waals surface area contributed by atoms with Gasteiger partial charge in [-0.3, -0.25) is 0 Å². The molecule has 3 N–H and O–H groups in total. The van der Waals surface area contributed by atoms with Crippen LogP contribution in [0.4, 0.5) is 4.79 Å². The highest BCUT2D eigenvalue weighted by Gasteiger charge is 2.28. The van der Waals surface area contributed by atoms with Gasteiger partial charge in [-0.05, 0) is 32.8 Å². The van der Waals surface area contributed by atoms with Crippen LogP contribution in [0.5, 0.6) is 0 Å². The van der Waals surface area contributed by atoms with E-state index in [-0.39, 0.29) is 12.6 Å². The number of nitrogens with zero attached hydrogens (tertiary/aromatic N) is 2. The van der Waals surface area contributed by atoms with Crippen LogP contribution in [-0.2, 0) is 18.7 Å². The van der Waals surface area contributed by atoms with Crippen LogP contribution in [-0.4, -0.2) is 27.2 Å². The van der Waals surface area contributed by atoms with E-state index in [2.05, 4.69) is 29.5 Å². The molecule has 0 aliphatic rings. The zero-order valence-electron chi connectivity index (χ0n) is 15.6. The number of carbonyl (C=O) groups excluding carboxylic acids is 1. The Labute approximate surface area is 148 Å². The molecule has 0 saturated carbocycles. The second kappa shape index (κ2) is 7.74. The van der Waals surface area contributed by atoms with Crippen molar-refractivity contribution >= 4 is 6.03 Å². The summed E-state index contributed by atoms with van der Waals surface area (Å²) in [6.45, 7) is 10.8. The first-order valence-electron chi connectivity index (χ1n) is 8.50. The van der Waals surface area contributed by atoms with Crippen LogP contribution in [0.2, 0.25) is 0 Å². The summed E-state index contributed by atoms with van der Waals surface area (Å²) in [5.74, 6) is 2.69. The molecule has 0 aliphatic heterocycles. The smallest absolute Gasteiger partial charge is 0.315 e. The number of amides is 2. The van der Waals surface area contributed by atoms with Crippen LogP contribution < -0.4 is 10.6 Å². The molecule has 0 bridgehead atoms. The van der Waals surface area contributed by atoms with E-state index in [4.69, 9.17) is 4.42 Å². The average Bonchev–Trinajstić information content (AvgIpc) is 3.08. The number of aliphatic hydroxyl groups is 1. The molecule has 0 aliphatic carbocycles. The third-order valence-electron chi connectivity index (χ3n) is 3.98. The number of hydrogen-bond donors (Lipinski definition) is 3. The Kier molecular flexibility index (Phi) is 5.89. The molecule has 1 unspecified atom stereocenters. The minimum atomic E-state index is -1.20. The summed E-state index contributed by atoms with van der Waals surface area (Å²) in [5.41, 5.74) is -0.521. The lowest BCUT2D eigenvalue weighted by Gasteiger charge is -2.23. The highest BCUT2D eigenvalue weighted by molar-refractivity contribution is 5.73. The molecule has 2 amide bonds. The van der Waals surface area contributed by atoms with E-state index in [1.54, 1.807) is 26.1 Å². The van der Waals surface area contributed by atoms with Crippen LogP contribution in [0.25, 0.3) is 0 Å². The zero-order chi connectivity index (χ0) is 18.6. The molecular weight excluding hydrogens is 320 g/mol. The highest BCUT2D eigenvalue weighted by Crippen LogP contribution is 2.26. The minimum Gasteiger partial charge on any atom is -0.466 e. The van der Waals surface area contributed by atoms with Crippen molar-refractivity contribution in [1.82, 2.24) is 20.2 Å². The summed E-state index contributed by atoms with van der Waals surface area (Å²) in [7, 11) is 0. The van der Waals surface area contributed by atoms with E-state index in [1.165, 1.54) is 0 Å². The van der Waals surface area contributed by atoms with Crippen molar-refractivity contribution in [2.45, 2.75) is 53.3 Å². The Morgan fingerprint density at radius 2 is 2.12 bits per heavy atom. The fourth-order valence-corrected chi connectivity index (χ4v) is 2.80. The van der Waals surface area contributed by atoms with Crippen molar-refractivity contribution in [3.05, 3.63) is 41.4 Å². The molecule has 2 rings (SSSR count). The first-order chi connectivity index (χ1) is 11.7. The third kappa shape index (κ3) is 5.09. The van der Waals surface area contributed by atoms with Gasteiger partial charge in [0.2, 0.25) is 0 Å². The summed E-state index contributed by atoms with van der Waals surface area (Å²) in [6, 6.07) is 1.44. The molecule has 1 atom stereocenters. The molecule has 0 fully saturated rings. The van der Waals surface area contributed by atoms with E-state index in [0.717, 1.165) is 18.1 Å². The van der Waals surface area contributed by atoms with Crippen molar-refractivity contribution in [2.75, 3.05) is 6.54 Å². The molecule has 25 heavy (non-hydrogen) atoms. The lowest BCUT2D eigenvalue weighted by Crippen LogP contribution is -2.43. The van der Waals surface area contributed by atoms with Gasteiger partial charge in [0.25, 0.3) is 0 Å². The van der Waals surface area contributed by atoms with Crippen molar-refractivity contribution in [3.63, 3.8) is 0 Å². The van der Waals surface area contributed by atoms with Crippen LogP contribution in [0.3, 0.4) is 0 Å². The summed E-state index contributed by atoms with van der Waals surface area (Å²) in [4.78, 5) is 16.3. The fourth-order valence-electron chi connectivity index (χ4n) is 2.80. The normalized spacial score (nSPS) is 13.7. The maximum Gasteiger partial charge on any atom is 0.315 e. The maximum atomic E-state index is 12.0. The van der Waals surface area contributed by atoms with Gasteiger partial charge in [0, 0.05) is 24.5 Å². The number of hydrogen-bond acceptors (Lipinski definition) is 4. The van der Waals surface area contributed by atoms with Crippen molar-refractivity contribution in [3.8, 4) is 0 Å². The maximum absolute atomic E-state index is 12.0. The van der Waals surface area contributed by atoms with Gasteiger partial charge in [0.1, 0.15) is 22.9 Å². The Morgan fingerprint density at radius 1 is 1.40 bits per heavy atom. The average molecular weight is 348 g/mol. The first kappa shape index (κ1) is 19.1. The number of rotatable bonds is 7. The van der Waals surface area contributed by atoms with Gasteiger partial charge in [-0.25, -0.2) is 9.78 Å². The topological polar surface area (TPSA) is 92.3 Å². The molecule has 2 aromatic rings. The van der Waals surface area contributed by atoms with Gasteiger partial charge >= 0.3 is 6.03 Å². The van der Waals surface area contributed by atoms with Crippen molar-refractivity contribution < 1.29 is 14.3 Å². The molecule has 138 valence electrons. The predicted octanol–water partition coefficient (Wildman–Crippen LogP) is 2.46. The fraction of sp³-hybridized carbons (Fsp3) is 0.556. The van der Waals surface area contributed by atoms with E-state index in [0.29, 0.717) is 23.8 Å². The number of nitrogens with one attached hydrogen (secondary N) is 2. The SMILES string of the molecule is Cc1cc(C(C)(O)CNC(=O)NCc2nccn2CC(C)C)c(C)o1. The molecule has 0 spiro atoms. The van der Waals surface area contributed by atoms with Crippen LogP contribution in [0.1, 0.15) is 43.7 Å². The largest absolute Gasteiger partial charge is 0.466 e. The van der Waals surface area contributed by atoms with Crippen LogP contribution >= 0.6 is 0 Å². The van der Waals surface area contributed by atoms with Gasteiger partial charge in [0.05, 0.1) is 13.1 Å². The third-order valence-corrected chi connectivity index (χ3v) is 3.98. The molecule has 2 aromatic heterocycles. The van der Waals surface area contributed by atoms with Gasteiger partial charge < -0.3 is 24.7 Å². The van der Waals surface area contributed by atoms with Crippen molar-refractivity contribution in [1.29, 1.82) is 0 Å². The van der Waals surface area contributed by atoms with Crippen LogP contribution in [0.15, 0.2) is 22.9 Å². The zero-order valence-corrected chi connectivity index (χ0v) is 15.6. The Morgan fingerprint density at radius 3 is 2.72 bits per heavy atom. The van der Waals surface area contributed by atoms with Gasteiger partial charge in [0.15, 0.2) is 0 Å². The Hall–Kier alpha value is -2.28. The monoisotopic (exact) mass is 348 g/mol. The van der Waals surface area contributed by atoms with E-state index in [9.17, 15) is 9.90 Å². The molecule has 2 heterocycles. The lowest BCUT2D eigenvalue weighted by molar-refractivity contribution is 0.0578. The number of imidazole rings is 1. The highest BCUT2D eigenvalue weighted by atomic mass is 16.3. The van der Waals surface area contributed by atoms with Gasteiger partial charge in [-0.2, -0.15) is 0 Å². The Balaban J connectivity index is 1.87. The number of aromatic nitrogens is 2. The summed E-state index contributed by atoms with van der Waals surface area (Å²) in [5, 5.41) is 16.1. The first-order valence-corrected chi connectivity index (χ1v) is 8.50. The minimum absolute atomic E-state index is 0.0824. The molecule has 7 nitrogen and oxygen atoms in total. The molecule has 0 saturated heterocycles. The summed E-state index contributed by atoms with van der Waals surface area (Å²) >= 11 is 0. The molecular formula is C18H28N4O3. The molecule has 7 heteroatoms. The number of carbonyl (C=O) groups is 1. The summed E-state index contributed by atoms with van der Waals surface area (Å²) in [6.07, 6.45) is 3.63. The quantitative estimate of drug-likeness (QED) is 0.717. The van der Waals surface area contributed by atoms with Gasteiger partial charge in [-0.15, -0.1) is 0 Å². The standard InChI is InChI=1S/C18H28N4O3/c1-12(2)10-22-7-6-19-16(22)9-20-17(23)21-11-18(5,24)15-8-13(3)25-14(15)4/h6-8,12,24H,9-11H2,1-5H3,(H2,20,21,23). The van der Waals surface area contributed by atoms with E-state index >= 15 is 0 Å². The second-order valence-electron chi connectivity index (χ2n) is 7.03. The number of furan rings is 1.